The average Bonchev–Trinajstić information content (AvgIpc) is 3.57. The number of ketones is 1. The first-order valence-electron chi connectivity index (χ1n) is 13.2. The SMILES string of the molecule is CCCOc1cccc(C2C(C(=O)/C=C/c3ccccc3)=C(O)C(=O)N2c2nnc(SCc3ccc(C)cc3)s2)c1. The summed E-state index contributed by atoms with van der Waals surface area (Å²) in [4.78, 5) is 28.4. The maximum absolute atomic E-state index is 13.5. The Morgan fingerprint density at radius 3 is 2.61 bits per heavy atom. The number of aliphatic hydroxyl groups excluding tert-OH is 1. The van der Waals surface area contributed by atoms with Gasteiger partial charge < -0.3 is 9.84 Å². The third-order valence-electron chi connectivity index (χ3n) is 6.43. The molecular formula is C32H29N3O4S2. The molecule has 1 N–H and O–H groups in total. The van der Waals surface area contributed by atoms with E-state index in [1.807, 2.05) is 62.4 Å². The van der Waals surface area contributed by atoms with E-state index in [0.717, 1.165) is 17.5 Å². The van der Waals surface area contributed by atoms with Crippen molar-refractivity contribution in [1.82, 2.24) is 10.2 Å². The molecule has 0 saturated heterocycles. The van der Waals surface area contributed by atoms with Crippen molar-refractivity contribution in [3.05, 3.63) is 119 Å². The molecule has 0 saturated carbocycles. The molecule has 208 valence electrons. The molecular weight excluding hydrogens is 555 g/mol. The van der Waals surface area contributed by atoms with Crippen LogP contribution in [0.25, 0.3) is 6.08 Å². The number of hydrogen-bond acceptors (Lipinski definition) is 8. The fraction of sp³-hybridized carbons (Fsp3) is 0.188. The molecule has 9 heteroatoms. The third-order valence-corrected chi connectivity index (χ3v) is 8.56. The van der Waals surface area contributed by atoms with E-state index < -0.39 is 23.5 Å². The van der Waals surface area contributed by atoms with Crippen LogP contribution >= 0.6 is 23.1 Å². The smallest absolute Gasteiger partial charge is 0.296 e. The second-order valence-electron chi connectivity index (χ2n) is 9.49. The lowest BCUT2D eigenvalue weighted by Crippen LogP contribution is -2.30. The van der Waals surface area contributed by atoms with Gasteiger partial charge in [0.05, 0.1) is 18.2 Å². The summed E-state index contributed by atoms with van der Waals surface area (Å²) in [5.41, 5.74) is 3.77. The van der Waals surface area contributed by atoms with Crippen LogP contribution in [0.2, 0.25) is 0 Å². The van der Waals surface area contributed by atoms with E-state index >= 15 is 0 Å². The molecule has 1 amide bonds. The van der Waals surface area contributed by atoms with Crippen molar-refractivity contribution in [2.45, 2.75) is 36.4 Å². The molecule has 1 aromatic heterocycles. The quantitative estimate of drug-likeness (QED) is 0.114. The number of thioether (sulfide) groups is 1. The number of anilines is 1. The Labute approximate surface area is 247 Å². The minimum atomic E-state index is -0.900. The van der Waals surface area contributed by atoms with E-state index in [0.29, 0.717) is 33.1 Å². The highest BCUT2D eigenvalue weighted by molar-refractivity contribution is 8.00. The minimum absolute atomic E-state index is 0.0149. The Bertz CT molecular complexity index is 1600. The summed E-state index contributed by atoms with van der Waals surface area (Å²) in [5.74, 6) is -0.452. The molecule has 0 spiro atoms. The zero-order valence-corrected chi connectivity index (χ0v) is 24.3. The lowest BCUT2D eigenvalue weighted by molar-refractivity contribution is -0.117. The van der Waals surface area contributed by atoms with Gasteiger partial charge >= 0.3 is 0 Å². The van der Waals surface area contributed by atoms with Crippen LogP contribution in [0.3, 0.4) is 0 Å². The molecule has 0 aliphatic carbocycles. The minimum Gasteiger partial charge on any atom is -0.503 e. The van der Waals surface area contributed by atoms with Gasteiger partial charge in [-0.3, -0.25) is 14.5 Å². The van der Waals surface area contributed by atoms with Crippen molar-refractivity contribution in [2.75, 3.05) is 11.5 Å². The Morgan fingerprint density at radius 1 is 1.07 bits per heavy atom. The second kappa shape index (κ2) is 13.0. The fourth-order valence-electron chi connectivity index (χ4n) is 4.38. The van der Waals surface area contributed by atoms with E-state index in [2.05, 4.69) is 34.5 Å². The summed E-state index contributed by atoms with van der Waals surface area (Å²) in [7, 11) is 0. The van der Waals surface area contributed by atoms with Crippen LogP contribution in [0, 0.1) is 6.92 Å². The number of hydrogen-bond donors (Lipinski definition) is 1. The van der Waals surface area contributed by atoms with Crippen molar-refractivity contribution < 1.29 is 19.4 Å². The zero-order chi connectivity index (χ0) is 28.8. The van der Waals surface area contributed by atoms with E-state index in [-0.39, 0.29) is 5.57 Å². The molecule has 5 rings (SSSR count). The summed E-state index contributed by atoms with van der Waals surface area (Å²) in [6, 6.07) is 24.0. The molecule has 2 heterocycles. The van der Waals surface area contributed by atoms with Gasteiger partial charge in [0.25, 0.3) is 5.91 Å². The first kappa shape index (κ1) is 28.3. The highest BCUT2D eigenvalue weighted by Crippen LogP contribution is 2.44. The lowest BCUT2D eigenvalue weighted by Gasteiger charge is -2.24. The van der Waals surface area contributed by atoms with Crippen LogP contribution in [0.1, 0.15) is 41.6 Å². The molecule has 7 nitrogen and oxygen atoms in total. The molecule has 4 aromatic rings. The van der Waals surface area contributed by atoms with Crippen molar-refractivity contribution in [3.63, 3.8) is 0 Å². The van der Waals surface area contributed by atoms with Crippen LogP contribution in [0.5, 0.6) is 5.75 Å². The zero-order valence-electron chi connectivity index (χ0n) is 22.7. The molecule has 3 aromatic carbocycles. The van der Waals surface area contributed by atoms with Crippen molar-refractivity contribution in [1.29, 1.82) is 0 Å². The number of ether oxygens (including phenoxy) is 1. The third kappa shape index (κ3) is 6.58. The largest absolute Gasteiger partial charge is 0.503 e. The van der Waals surface area contributed by atoms with Crippen molar-refractivity contribution >= 4 is 46.0 Å². The molecule has 0 radical (unpaired) electrons. The van der Waals surface area contributed by atoms with E-state index in [1.165, 1.54) is 39.6 Å². The van der Waals surface area contributed by atoms with Crippen LogP contribution < -0.4 is 9.64 Å². The average molecular weight is 584 g/mol. The standard InChI is InChI=1S/C32H29N3O4S2/c1-3-18-39-25-11-7-10-24(19-25)28-27(26(36)17-16-22-8-5-4-6-9-22)29(37)30(38)35(28)31-33-34-32(41-31)40-20-23-14-12-21(2)13-15-23/h4-17,19,28,37H,3,18,20H2,1-2H3/b17-16+. The highest BCUT2D eigenvalue weighted by atomic mass is 32.2. The van der Waals surface area contributed by atoms with Crippen LogP contribution in [-0.2, 0) is 15.3 Å². The van der Waals surface area contributed by atoms with Crippen LogP contribution in [0.15, 0.2) is 101 Å². The van der Waals surface area contributed by atoms with Gasteiger partial charge in [-0.15, -0.1) is 10.2 Å². The lowest BCUT2D eigenvalue weighted by atomic mass is 9.95. The number of rotatable bonds is 11. The van der Waals surface area contributed by atoms with Gasteiger partial charge in [0.1, 0.15) is 5.75 Å². The predicted octanol–water partition coefficient (Wildman–Crippen LogP) is 7.11. The number of benzene rings is 3. The number of carbonyl (C=O) groups is 2. The summed E-state index contributed by atoms with van der Waals surface area (Å²) < 4.78 is 6.50. The summed E-state index contributed by atoms with van der Waals surface area (Å²) in [6.45, 7) is 4.59. The molecule has 1 unspecified atom stereocenters. The Balaban J connectivity index is 1.47. The molecule has 41 heavy (non-hydrogen) atoms. The van der Waals surface area contributed by atoms with Gasteiger partial charge in [0.15, 0.2) is 15.9 Å². The number of aromatic nitrogens is 2. The van der Waals surface area contributed by atoms with Gasteiger partial charge in [-0.25, -0.2) is 0 Å². The Morgan fingerprint density at radius 2 is 1.85 bits per heavy atom. The number of carbonyl (C=O) groups excluding carboxylic acids is 2. The maximum Gasteiger partial charge on any atom is 0.296 e. The van der Waals surface area contributed by atoms with E-state index in [4.69, 9.17) is 4.74 Å². The molecule has 1 aliphatic heterocycles. The van der Waals surface area contributed by atoms with Crippen molar-refractivity contribution in [3.8, 4) is 5.75 Å². The normalized spacial score (nSPS) is 15.2. The van der Waals surface area contributed by atoms with Crippen molar-refractivity contribution in [2.24, 2.45) is 0 Å². The first-order chi connectivity index (χ1) is 19.9. The highest BCUT2D eigenvalue weighted by Gasteiger charge is 2.45. The van der Waals surface area contributed by atoms with E-state index in [9.17, 15) is 14.7 Å². The number of allylic oxidation sites excluding steroid dienone is 1. The Kier molecular flexibility index (Phi) is 8.96. The second-order valence-corrected chi connectivity index (χ2v) is 11.7. The number of nitrogens with zero attached hydrogens (tertiary/aromatic N) is 3. The van der Waals surface area contributed by atoms with E-state index in [1.54, 1.807) is 12.1 Å². The van der Waals surface area contributed by atoms with Crippen LogP contribution in [0.4, 0.5) is 5.13 Å². The molecule has 1 atom stereocenters. The fourth-order valence-corrected chi connectivity index (χ4v) is 6.20. The topological polar surface area (TPSA) is 92.6 Å². The summed E-state index contributed by atoms with van der Waals surface area (Å²) in [5, 5.41) is 19.9. The predicted molar refractivity (Wildman–Crippen MR) is 163 cm³/mol. The van der Waals surface area contributed by atoms with Gasteiger partial charge in [0, 0.05) is 5.75 Å². The monoisotopic (exact) mass is 583 g/mol. The van der Waals surface area contributed by atoms with Gasteiger partial charge in [-0.1, -0.05) is 108 Å². The number of aryl methyl sites for hydroxylation is 1. The van der Waals surface area contributed by atoms with Gasteiger partial charge in [0.2, 0.25) is 5.13 Å². The number of amides is 1. The van der Waals surface area contributed by atoms with Gasteiger partial charge in [-0.05, 0) is 48.2 Å². The maximum atomic E-state index is 13.5. The Hall–Kier alpha value is -4.21. The molecule has 1 aliphatic rings. The van der Waals surface area contributed by atoms with Crippen LogP contribution in [-0.4, -0.2) is 33.6 Å². The molecule has 0 bridgehead atoms. The van der Waals surface area contributed by atoms with Gasteiger partial charge in [-0.2, -0.15) is 0 Å². The first-order valence-corrected chi connectivity index (χ1v) is 15.0. The summed E-state index contributed by atoms with van der Waals surface area (Å²) in [6.07, 6.45) is 3.88. The molecule has 0 fully saturated rings. The number of aliphatic hydroxyl groups is 1. The summed E-state index contributed by atoms with van der Waals surface area (Å²) >= 11 is 2.76.